The highest BCUT2D eigenvalue weighted by Crippen LogP contribution is 2.57. The van der Waals surface area contributed by atoms with Crippen molar-refractivity contribution in [3.8, 4) is 0 Å². The molecule has 2 bridgehead atoms. The molecular formula is C18H18O5. The number of ketones is 1. The largest absolute Gasteiger partial charge is 0.462 e. The number of fused-ring (bicyclic) bond motifs is 1. The number of rotatable bonds is 4. The van der Waals surface area contributed by atoms with Crippen molar-refractivity contribution in [1.82, 2.24) is 0 Å². The molecule has 0 N–H and O–H groups in total. The van der Waals surface area contributed by atoms with E-state index < -0.39 is 11.9 Å². The first-order valence-electron chi connectivity index (χ1n) is 8.01. The minimum Gasteiger partial charge on any atom is -0.462 e. The summed E-state index contributed by atoms with van der Waals surface area (Å²) in [4.78, 5) is 36.4. The molecule has 4 rings (SSSR count). The van der Waals surface area contributed by atoms with Gasteiger partial charge in [-0.2, -0.15) is 0 Å². The number of Topliss-reactive ketones (excluding diaryl/α,β-unsaturated/α-hetero) is 1. The second-order valence-corrected chi connectivity index (χ2v) is 6.82. The van der Waals surface area contributed by atoms with Gasteiger partial charge in [-0.05, 0) is 25.7 Å². The average Bonchev–Trinajstić information content (AvgIpc) is 3.14. The Morgan fingerprint density at radius 3 is 2.70 bits per heavy atom. The number of ether oxygens (including phenoxy) is 2. The van der Waals surface area contributed by atoms with Crippen molar-refractivity contribution in [2.24, 2.45) is 23.7 Å². The van der Waals surface area contributed by atoms with Crippen LogP contribution in [0.25, 0.3) is 0 Å². The van der Waals surface area contributed by atoms with E-state index in [1.165, 1.54) is 0 Å². The van der Waals surface area contributed by atoms with Gasteiger partial charge in [-0.15, -0.1) is 0 Å². The molecule has 0 amide bonds. The van der Waals surface area contributed by atoms with Crippen LogP contribution in [-0.4, -0.2) is 30.4 Å². The van der Waals surface area contributed by atoms with Crippen molar-refractivity contribution in [3.05, 3.63) is 35.4 Å². The number of hydrogen-bond acceptors (Lipinski definition) is 5. The molecule has 2 aliphatic carbocycles. The van der Waals surface area contributed by atoms with Crippen molar-refractivity contribution >= 4 is 17.7 Å². The number of esters is 2. The van der Waals surface area contributed by atoms with Gasteiger partial charge in [-0.25, -0.2) is 0 Å². The molecule has 0 radical (unpaired) electrons. The molecule has 1 aromatic carbocycles. The van der Waals surface area contributed by atoms with Gasteiger partial charge in [-0.3, -0.25) is 14.4 Å². The molecule has 0 spiro atoms. The first-order chi connectivity index (χ1) is 11.0. The van der Waals surface area contributed by atoms with E-state index in [0.29, 0.717) is 5.56 Å². The fourth-order valence-corrected chi connectivity index (χ4v) is 4.38. The van der Waals surface area contributed by atoms with E-state index in [1.54, 1.807) is 12.1 Å². The Morgan fingerprint density at radius 2 is 1.96 bits per heavy atom. The standard InChI is InChI=1S/C18H18O5/c1-9-2-4-10(5-3-9)13(19)8-22-17(20)15-11-6-12-14(7-11)23-18(21)16(12)15/h2-5,11-12,14-16H,6-8H2,1H3/t11-,12+,14-,15+,16+/m1/s1. The highest BCUT2D eigenvalue weighted by atomic mass is 16.6. The van der Waals surface area contributed by atoms with Crippen molar-refractivity contribution in [1.29, 1.82) is 0 Å². The van der Waals surface area contributed by atoms with Gasteiger partial charge in [0.05, 0.1) is 11.8 Å². The predicted molar refractivity (Wildman–Crippen MR) is 79.5 cm³/mol. The number of carbonyl (C=O) groups is 3. The lowest BCUT2D eigenvalue weighted by molar-refractivity contribution is -0.154. The minimum atomic E-state index is -0.433. The van der Waals surface area contributed by atoms with E-state index >= 15 is 0 Å². The van der Waals surface area contributed by atoms with Crippen LogP contribution in [0.5, 0.6) is 0 Å². The third kappa shape index (κ3) is 2.26. The lowest BCUT2D eigenvalue weighted by Crippen LogP contribution is -2.34. The lowest BCUT2D eigenvalue weighted by Gasteiger charge is -2.22. The minimum absolute atomic E-state index is 0.00394. The van der Waals surface area contributed by atoms with Gasteiger partial charge in [0.15, 0.2) is 12.4 Å². The van der Waals surface area contributed by atoms with Gasteiger partial charge in [0, 0.05) is 11.5 Å². The van der Waals surface area contributed by atoms with Crippen LogP contribution in [-0.2, 0) is 19.1 Å². The van der Waals surface area contributed by atoms with Gasteiger partial charge in [0.1, 0.15) is 6.10 Å². The second-order valence-electron chi connectivity index (χ2n) is 6.82. The van der Waals surface area contributed by atoms with Crippen LogP contribution >= 0.6 is 0 Å². The Labute approximate surface area is 134 Å². The topological polar surface area (TPSA) is 69.7 Å². The Kier molecular flexibility index (Phi) is 3.25. The fraction of sp³-hybridized carbons (Fsp3) is 0.500. The summed E-state index contributed by atoms with van der Waals surface area (Å²) in [7, 11) is 0. The van der Waals surface area contributed by atoms with Crippen molar-refractivity contribution in [2.75, 3.05) is 6.61 Å². The van der Waals surface area contributed by atoms with Crippen molar-refractivity contribution in [2.45, 2.75) is 25.9 Å². The first-order valence-corrected chi connectivity index (χ1v) is 8.01. The highest BCUT2D eigenvalue weighted by molar-refractivity contribution is 5.98. The average molecular weight is 314 g/mol. The molecule has 1 aliphatic heterocycles. The van der Waals surface area contributed by atoms with E-state index in [4.69, 9.17) is 9.47 Å². The van der Waals surface area contributed by atoms with Crippen LogP contribution in [0, 0.1) is 30.6 Å². The second kappa shape index (κ2) is 5.18. The molecule has 23 heavy (non-hydrogen) atoms. The molecular weight excluding hydrogens is 296 g/mol. The molecule has 1 saturated heterocycles. The predicted octanol–water partition coefficient (Wildman–Crippen LogP) is 1.92. The summed E-state index contributed by atoms with van der Waals surface area (Å²) in [6, 6.07) is 7.14. The number of aryl methyl sites for hydroxylation is 1. The molecule has 1 heterocycles. The third-order valence-electron chi connectivity index (χ3n) is 5.47. The van der Waals surface area contributed by atoms with Crippen LogP contribution in [0.15, 0.2) is 24.3 Å². The normalized spacial score (nSPS) is 33.6. The Morgan fingerprint density at radius 1 is 1.22 bits per heavy atom. The van der Waals surface area contributed by atoms with Gasteiger partial charge in [0.25, 0.3) is 0 Å². The summed E-state index contributed by atoms with van der Waals surface area (Å²) in [5.41, 5.74) is 1.59. The zero-order chi connectivity index (χ0) is 16.1. The van der Waals surface area contributed by atoms with Gasteiger partial charge in [-0.1, -0.05) is 29.8 Å². The molecule has 0 unspecified atom stereocenters. The van der Waals surface area contributed by atoms with Gasteiger partial charge < -0.3 is 9.47 Å². The maximum atomic E-state index is 12.4. The van der Waals surface area contributed by atoms with Gasteiger partial charge in [0.2, 0.25) is 0 Å². The monoisotopic (exact) mass is 314 g/mol. The van der Waals surface area contributed by atoms with E-state index in [2.05, 4.69) is 0 Å². The molecule has 120 valence electrons. The summed E-state index contributed by atoms with van der Waals surface area (Å²) in [6.07, 6.45) is 1.60. The van der Waals surface area contributed by atoms with E-state index in [9.17, 15) is 14.4 Å². The van der Waals surface area contributed by atoms with Crippen LogP contribution in [0.3, 0.4) is 0 Å². The van der Waals surface area contributed by atoms with Crippen LogP contribution in [0.1, 0.15) is 28.8 Å². The Balaban J connectivity index is 1.40. The van der Waals surface area contributed by atoms with E-state index in [0.717, 1.165) is 18.4 Å². The molecule has 3 fully saturated rings. The first kappa shape index (κ1) is 14.4. The maximum absolute atomic E-state index is 12.4. The Hall–Kier alpha value is -2.17. The van der Waals surface area contributed by atoms with Crippen LogP contribution in [0.4, 0.5) is 0 Å². The number of hydrogen-bond donors (Lipinski definition) is 0. The third-order valence-corrected chi connectivity index (χ3v) is 5.47. The molecule has 3 aliphatic rings. The molecule has 5 atom stereocenters. The summed E-state index contributed by atoms with van der Waals surface area (Å²) in [5, 5.41) is 0. The highest BCUT2D eigenvalue weighted by Gasteiger charge is 2.64. The zero-order valence-electron chi connectivity index (χ0n) is 12.9. The zero-order valence-corrected chi connectivity index (χ0v) is 12.9. The fourth-order valence-electron chi connectivity index (χ4n) is 4.38. The summed E-state index contributed by atoms with van der Waals surface area (Å²) in [6.45, 7) is 1.67. The lowest BCUT2D eigenvalue weighted by atomic mass is 9.80. The molecule has 5 nitrogen and oxygen atoms in total. The SMILES string of the molecule is Cc1ccc(C(=O)COC(=O)[C@H]2[C@@H]3C[C@@H]4[C@@H]2C(=O)O[C@@H]4C3)cc1. The summed E-state index contributed by atoms with van der Waals surface area (Å²) >= 11 is 0. The Bertz CT molecular complexity index is 675. The van der Waals surface area contributed by atoms with E-state index in [1.807, 2.05) is 19.1 Å². The smallest absolute Gasteiger partial charge is 0.310 e. The van der Waals surface area contributed by atoms with E-state index in [-0.39, 0.29) is 42.2 Å². The quantitative estimate of drug-likeness (QED) is 0.627. The number of carbonyl (C=O) groups excluding carboxylic acids is 3. The van der Waals surface area contributed by atoms with Crippen LogP contribution in [0.2, 0.25) is 0 Å². The van der Waals surface area contributed by atoms with Crippen molar-refractivity contribution in [3.63, 3.8) is 0 Å². The van der Waals surface area contributed by atoms with Crippen LogP contribution < -0.4 is 0 Å². The molecule has 2 saturated carbocycles. The molecule has 1 aromatic rings. The summed E-state index contributed by atoms with van der Waals surface area (Å²) < 4.78 is 10.5. The van der Waals surface area contributed by atoms with Crippen molar-refractivity contribution < 1.29 is 23.9 Å². The molecule has 5 heteroatoms. The summed E-state index contributed by atoms with van der Waals surface area (Å²) in [5.74, 6) is -1.40. The molecule has 0 aromatic heterocycles. The van der Waals surface area contributed by atoms with Gasteiger partial charge >= 0.3 is 11.9 Å². The maximum Gasteiger partial charge on any atom is 0.310 e. The number of benzene rings is 1.